The molecule has 106 valence electrons. The molecule has 0 unspecified atom stereocenters. The number of benzene rings is 2. The third-order valence-corrected chi connectivity index (χ3v) is 3.29. The van der Waals surface area contributed by atoms with Gasteiger partial charge in [-0.05, 0) is 30.3 Å². The molecule has 3 aromatic rings. The minimum absolute atomic E-state index is 0.425. The molecule has 2 aromatic carbocycles. The fourth-order valence-corrected chi connectivity index (χ4v) is 2.23. The van der Waals surface area contributed by atoms with E-state index >= 15 is 0 Å². The Morgan fingerprint density at radius 3 is 2.52 bits per heavy atom. The summed E-state index contributed by atoms with van der Waals surface area (Å²) in [7, 11) is 0. The molecule has 0 amide bonds. The smallest absolute Gasteiger partial charge is 0.246 e. The van der Waals surface area contributed by atoms with Gasteiger partial charge in [0.2, 0.25) is 11.7 Å². The molecule has 0 radical (unpaired) electrons. The highest BCUT2D eigenvalue weighted by molar-refractivity contribution is 6.31. The van der Waals surface area contributed by atoms with E-state index in [2.05, 4.69) is 15.5 Å². The fraction of sp³-hybridized carbons (Fsp3) is 0.0667. The number of halogens is 2. The van der Waals surface area contributed by atoms with Crippen molar-refractivity contribution in [3.05, 3.63) is 64.5 Å². The van der Waals surface area contributed by atoms with E-state index in [1.165, 1.54) is 0 Å². The van der Waals surface area contributed by atoms with E-state index in [9.17, 15) is 0 Å². The Kier molecular flexibility index (Phi) is 4.08. The van der Waals surface area contributed by atoms with Gasteiger partial charge in [-0.2, -0.15) is 4.98 Å². The molecule has 6 heteroatoms. The molecule has 1 heterocycles. The quantitative estimate of drug-likeness (QED) is 0.760. The lowest BCUT2D eigenvalue weighted by molar-refractivity contribution is 0.384. The molecule has 0 saturated carbocycles. The second-order valence-electron chi connectivity index (χ2n) is 4.39. The topological polar surface area (TPSA) is 51.0 Å². The summed E-state index contributed by atoms with van der Waals surface area (Å²) < 4.78 is 5.21. The number of hydrogen-bond donors (Lipinski definition) is 1. The van der Waals surface area contributed by atoms with Crippen LogP contribution < -0.4 is 5.32 Å². The highest BCUT2D eigenvalue weighted by Gasteiger charge is 2.08. The Bertz CT molecular complexity index is 758. The van der Waals surface area contributed by atoms with Gasteiger partial charge in [0.15, 0.2) is 0 Å². The van der Waals surface area contributed by atoms with Gasteiger partial charge >= 0.3 is 0 Å². The molecule has 21 heavy (non-hydrogen) atoms. The second-order valence-corrected chi connectivity index (χ2v) is 5.26. The first-order valence-corrected chi connectivity index (χ1v) is 7.04. The van der Waals surface area contributed by atoms with Crippen molar-refractivity contribution >= 4 is 28.9 Å². The zero-order chi connectivity index (χ0) is 14.7. The van der Waals surface area contributed by atoms with Gasteiger partial charge in [-0.25, -0.2) is 0 Å². The molecule has 0 aliphatic rings. The van der Waals surface area contributed by atoms with Gasteiger partial charge in [-0.3, -0.25) is 0 Å². The molecule has 1 aromatic heterocycles. The molecule has 0 aliphatic carbocycles. The first kappa shape index (κ1) is 13.9. The van der Waals surface area contributed by atoms with Crippen LogP contribution in [-0.4, -0.2) is 10.1 Å². The summed E-state index contributed by atoms with van der Waals surface area (Å²) in [5.41, 5.74) is 1.71. The molecule has 4 nitrogen and oxygen atoms in total. The zero-order valence-corrected chi connectivity index (χ0v) is 12.4. The molecule has 3 rings (SSSR count). The lowest BCUT2D eigenvalue weighted by Crippen LogP contribution is -1.99. The minimum Gasteiger partial charge on any atom is -0.376 e. The summed E-state index contributed by atoms with van der Waals surface area (Å²) in [6, 6.07) is 14.7. The zero-order valence-electron chi connectivity index (χ0n) is 10.9. The van der Waals surface area contributed by atoms with Crippen molar-refractivity contribution in [2.75, 3.05) is 5.32 Å². The van der Waals surface area contributed by atoms with E-state index in [4.69, 9.17) is 27.7 Å². The SMILES string of the molecule is Clc1cccc(NCc2nc(-c3cccc(Cl)c3)no2)c1. The Morgan fingerprint density at radius 2 is 1.76 bits per heavy atom. The van der Waals surface area contributed by atoms with Crippen LogP contribution in [0, 0.1) is 0 Å². The number of rotatable bonds is 4. The summed E-state index contributed by atoms with van der Waals surface area (Å²) >= 11 is 11.9. The van der Waals surface area contributed by atoms with Crippen molar-refractivity contribution in [3.8, 4) is 11.4 Å². The molecule has 0 atom stereocenters. The van der Waals surface area contributed by atoms with Crippen molar-refractivity contribution in [1.29, 1.82) is 0 Å². The van der Waals surface area contributed by atoms with Crippen molar-refractivity contribution in [2.45, 2.75) is 6.54 Å². The molecular formula is C15H11Cl2N3O. The summed E-state index contributed by atoms with van der Waals surface area (Å²) in [6.07, 6.45) is 0. The lowest BCUT2D eigenvalue weighted by Gasteiger charge is -2.02. The van der Waals surface area contributed by atoms with E-state index in [0.717, 1.165) is 11.3 Å². The van der Waals surface area contributed by atoms with E-state index in [1.807, 2.05) is 36.4 Å². The van der Waals surface area contributed by atoms with Crippen LogP contribution in [0.1, 0.15) is 5.89 Å². The maximum atomic E-state index is 5.95. The van der Waals surface area contributed by atoms with Crippen molar-refractivity contribution in [3.63, 3.8) is 0 Å². The number of aromatic nitrogens is 2. The number of nitrogens with one attached hydrogen (secondary N) is 1. The average molecular weight is 320 g/mol. The second kappa shape index (κ2) is 6.16. The summed E-state index contributed by atoms with van der Waals surface area (Å²) in [4.78, 5) is 4.33. The fourth-order valence-electron chi connectivity index (χ4n) is 1.85. The summed E-state index contributed by atoms with van der Waals surface area (Å²) in [6.45, 7) is 0.425. The van der Waals surface area contributed by atoms with E-state index in [0.29, 0.717) is 28.3 Å². The number of hydrogen-bond acceptors (Lipinski definition) is 4. The Balaban J connectivity index is 1.71. The number of nitrogens with zero attached hydrogens (tertiary/aromatic N) is 2. The largest absolute Gasteiger partial charge is 0.376 e. The maximum Gasteiger partial charge on any atom is 0.246 e. The van der Waals surface area contributed by atoms with Gasteiger partial charge in [0, 0.05) is 21.3 Å². The third-order valence-electron chi connectivity index (χ3n) is 2.82. The first-order chi connectivity index (χ1) is 10.2. The van der Waals surface area contributed by atoms with E-state index in [-0.39, 0.29) is 0 Å². The molecule has 0 saturated heterocycles. The summed E-state index contributed by atoms with van der Waals surface area (Å²) in [5.74, 6) is 1.00. The highest BCUT2D eigenvalue weighted by Crippen LogP contribution is 2.20. The van der Waals surface area contributed by atoms with Crippen LogP contribution in [0.25, 0.3) is 11.4 Å². The normalized spacial score (nSPS) is 10.6. The van der Waals surface area contributed by atoms with Crippen molar-refractivity contribution in [2.24, 2.45) is 0 Å². The monoisotopic (exact) mass is 319 g/mol. The van der Waals surface area contributed by atoms with Crippen molar-refractivity contribution < 1.29 is 4.52 Å². The van der Waals surface area contributed by atoms with E-state index < -0.39 is 0 Å². The van der Waals surface area contributed by atoms with Gasteiger partial charge in [0.1, 0.15) is 0 Å². The molecule has 0 fully saturated rings. The maximum absolute atomic E-state index is 5.95. The molecule has 0 aliphatic heterocycles. The average Bonchev–Trinajstić information content (AvgIpc) is 2.94. The minimum atomic E-state index is 0.425. The number of anilines is 1. The predicted octanol–water partition coefficient (Wildman–Crippen LogP) is 4.66. The van der Waals surface area contributed by atoms with Crippen molar-refractivity contribution in [1.82, 2.24) is 10.1 Å². The molecule has 0 bridgehead atoms. The third kappa shape index (κ3) is 3.54. The standard InChI is InChI=1S/C15H11Cl2N3O/c16-11-4-1-3-10(7-11)15-19-14(21-20-15)9-18-13-6-2-5-12(17)8-13/h1-8,18H,9H2. The van der Waals surface area contributed by atoms with Gasteiger partial charge in [-0.15, -0.1) is 0 Å². The van der Waals surface area contributed by atoms with Crippen LogP contribution in [-0.2, 0) is 6.54 Å². The van der Waals surface area contributed by atoms with E-state index in [1.54, 1.807) is 12.1 Å². The molecule has 0 spiro atoms. The van der Waals surface area contributed by atoms with Crippen LogP contribution in [0.4, 0.5) is 5.69 Å². The van der Waals surface area contributed by atoms with Gasteiger partial charge in [0.05, 0.1) is 6.54 Å². The van der Waals surface area contributed by atoms with Crippen LogP contribution in [0.5, 0.6) is 0 Å². The van der Waals surface area contributed by atoms with Crippen LogP contribution in [0.3, 0.4) is 0 Å². The van der Waals surface area contributed by atoms with Gasteiger partial charge < -0.3 is 9.84 Å². The lowest BCUT2D eigenvalue weighted by atomic mass is 10.2. The Hall–Kier alpha value is -2.04. The van der Waals surface area contributed by atoms with Crippen LogP contribution >= 0.6 is 23.2 Å². The highest BCUT2D eigenvalue weighted by atomic mass is 35.5. The Labute approximate surface area is 131 Å². The summed E-state index contributed by atoms with van der Waals surface area (Å²) in [5, 5.41) is 8.42. The molecule has 1 N–H and O–H groups in total. The van der Waals surface area contributed by atoms with Crippen LogP contribution in [0.15, 0.2) is 53.1 Å². The van der Waals surface area contributed by atoms with Crippen LogP contribution in [0.2, 0.25) is 10.0 Å². The van der Waals surface area contributed by atoms with Gasteiger partial charge in [-0.1, -0.05) is 46.6 Å². The predicted molar refractivity (Wildman–Crippen MR) is 83.5 cm³/mol. The Morgan fingerprint density at radius 1 is 1.00 bits per heavy atom. The first-order valence-electron chi connectivity index (χ1n) is 6.29. The molecular weight excluding hydrogens is 309 g/mol. The van der Waals surface area contributed by atoms with Gasteiger partial charge in [0.25, 0.3) is 0 Å².